The number of benzene rings is 1. The molecule has 1 aromatic carbocycles. The fraction of sp³-hybridized carbons (Fsp3) is 0.769. The van der Waals surface area contributed by atoms with Crippen molar-refractivity contribution in [2.24, 2.45) is 11.8 Å². The van der Waals surface area contributed by atoms with Crippen molar-refractivity contribution >= 4 is 35.0 Å². The van der Waals surface area contributed by atoms with Gasteiger partial charge in [-0.15, -0.1) is 0 Å². The number of aliphatic hydroxyl groups is 4. The molecule has 0 spiro atoms. The number of carbonyl (C=O) groups is 3. The molecule has 8 N–H and O–H groups in total. The number of likely N-dealkylation sites (tertiary alicyclic amines) is 2. The van der Waals surface area contributed by atoms with E-state index in [-0.39, 0.29) is 37.3 Å². The number of halogens is 1. The third-order valence-electron chi connectivity index (χ3n) is 11.2. The van der Waals surface area contributed by atoms with E-state index in [2.05, 4.69) is 20.4 Å². The Balaban J connectivity index is 0.960. The van der Waals surface area contributed by atoms with Gasteiger partial charge in [0.1, 0.15) is 11.9 Å². The maximum absolute atomic E-state index is 13.0. The van der Waals surface area contributed by atoms with Crippen LogP contribution in [0.2, 0.25) is 5.02 Å². The molecule has 0 radical (unpaired) electrons. The van der Waals surface area contributed by atoms with Crippen LogP contribution in [0.15, 0.2) is 6.07 Å². The number of fused-ring (bicyclic) bond motifs is 1. The van der Waals surface area contributed by atoms with Gasteiger partial charge in [-0.1, -0.05) is 50.1 Å². The number of nitrogen functional groups attached to an aromatic ring is 1. The van der Waals surface area contributed by atoms with E-state index in [0.717, 1.165) is 115 Å². The molecule has 0 aromatic heterocycles. The van der Waals surface area contributed by atoms with Crippen LogP contribution in [0, 0.1) is 11.8 Å². The molecule has 2 saturated heterocycles. The van der Waals surface area contributed by atoms with Crippen LogP contribution in [0.1, 0.15) is 112 Å². The zero-order chi connectivity index (χ0) is 38.2. The Morgan fingerprint density at radius 3 is 2.15 bits per heavy atom. The summed E-state index contributed by atoms with van der Waals surface area (Å²) >= 11 is 6.28. The molecule has 300 valence electrons. The molecule has 3 atom stereocenters. The summed E-state index contributed by atoms with van der Waals surface area (Å²) in [6.45, 7) is 5.55. The maximum atomic E-state index is 13.0. The third kappa shape index (κ3) is 13.8. The number of nitrogens with one attached hydrogen (secondary N) is 2. The van der Waals surface area contributed by atoms with E-state index in [1.165, 1.54) is 0 Å². The van der Waals surface area contributed by atoms with Crippen LogP contribution in [0.3, 0.4) is 0 Å². The number of aliphatic hydroxyl groups excluding tert-OH is 4. The minimum absolute atomic E-state index is 0.0397. The zero-order valence-corrected chi connectivity index (χ0v) is 32.2. The van der Waals surface area contributed by atoms with Gasteiger partial charge in [0.2, 0.25) is 11.8 Å². The van der Waals surface area contributed by atoms with Crippen molar-refractivity contribution in [1.82, 2.24) is 20.4 Å². The van der Waals surface area contributed by atoms with Gasteiger partial charge in [-0.3, -0.25) is 14.4 Å². The summed E-state index contributed by atoms with van der Waals surface area (Å²) in [6.07, 6.45) is 9.92. The first-order valence-corrected chi connectivity index (χ1v) is 20.4. The van der Waals surface area contributed by atoms with Gasteiger partial charge >= 0.3 is 0 Å². The normalized spacial score (nSPS) is 18.6. The van der Waals surface area contributed by atoms with Gasteiger partial charge < -0.3 is 51.3 Å². The van der Waals surface area contributed by atoms with E-state index < -0.39 is 18.3 Å². The van der Waals surface area contributed by atoms with Crippen molar-refractivity contribution < 1.29 is 39.5 Å². The standard InChI is InChI=1S/C39H64ClN5O8/c40-31-23-30(38-29(36(31)41)16-22-53-38)39(52)43-24-27-11-17-44(18-12-27)26-28-13-19-45(20-14-28)35(50)10-8-6-4-2-1-3-5-7-9-34(49)42-25-33(48)37(51)32(47)15-21-46/h23,27-28,32-33,37,46-48,51H,1-22,24-26,41H2,(H,42,49)(H,43,52). The van der Waals surface area contributed by atoms with E-state index in [4.69, 9.17) is 27.2 Å². The molecule has 3 amide bonds. The smallest absolute Gasteiger partial charge is 0.255 e. The number of nitrogens with zero attached hydrogens (tertiary/aromatic N) is 2. The van der Waals surface area contributed by atoms with Crippen LogP contribution in [-0.4, -0.2) is 125 Å². The van der Waals surface area contributed by atoms with E-state index in [9.17, 15) is 29.7 Å². The summed E-state index contributed by atoms with van der Waals surface area (Å²) in [7, 11) is 0. The molecule has 3 unspecified atom stereocenters. The predicted octanol–water partition coefficient (Wildman–Crippen LogP) is 3.02. The molecule has 0 saturated carbocycles. The molecule has 2 fully saturated rings. The highest BCUT2D eigenvalue weighted by Gasteiger charge is 2.29. The van der Waals surface area contributed by atoms with Crippen molar-refractivity contribution in [2.75, 3.05) is 64.8 Å². The predicted molar refractivity (Wildman–Crippen MR) is 205 cm³/mol. The van der Waals surface area contributed by atoms with Crippen LogP contribution < -0.4 is 21.1 Å². The maximum Gasteiger partial charge on any atom is 0.255 e. The number of unbranched alkanes of at least 4 members (excludes halogenated alkanes) is 7. The third-order valence-corrected chi connectivity index (χ3v) is 11.5. The van der Waals surface area contributed by atoms with Gasteiger partial charge in [0.05, 0.1) is 35.1 Å². The number of nitrogens with two attached hydrogens (primary N) is 1. The summed E-state index contributed by atoms with van der Waals surface area (Å²) in [5.41, 5.74) is 7.88. The SMILES string of the molecule is Nc1c(Cl)cc(C(=O)NCC2CCN(CC3CCN(C(=O)CCCCCCCCCCC(=O)NCC(O)C(O)C(O)CCO)CC3)CC2)c2c1CCO2. The number of rotatable bonds is 22. The Kier molecular flexibility index (Phi) is 18.4. The van der Waals surface area contributed by atoms with Crippen LogP contribution in [0.4, 0.5) is 5.69 Å². The van der Waals surface area contributed by atoms with Crippen LogP contribution in [-0.2, 0) is 16.0 Å². The van der Waals surface area contributed by atoms with Crippen molar-refractivity contribution in [3.63, 3.8) is 0 Å². The summed E-state index contributed by atoms with van der Waals surface area (Å²) in [5.74, 6) is 1.56. The van der Waals surface area contributed by atoms with Gasteiger partial charge in [0.25, 0.3) is 5.91 Å². The largest absolute Gasteiger partial charge is 0.492 e. The first kappa shape index (κ1) is 43.1. The number of carbonyl (C=O) groups excluding carboxylic acids is 3. The topological polar surface area (TPSA) is 198 Å². The van der Waals surface area contributed by atoms with Gasteiger partial charge in [-0.2, -0.15) is 0 Å². The Labute approximate surface area is 319 Å². The fourth-order valence-electron chi connectivity index (χ4n) is 7.74. The molecule has 3 aliphatic heterocycles. The molecule has 53 heavy (non-hydrogen) atoms. The van der Waals surface area contributed by atoms with Crippen molar-refractivity contribution in [2.45, 2.75) is 121 Å². The summed E-state index contributed by atoms with van der Waals surface area (Å²) in [5, 5.41) is 44.2. The lowest BCUT2D eigenvalue weighted by Crippen LogP contribution is -2.44. The van der Waals surface area contributed by atoms with Gasteiger partial charge in [-0.25, -0.2) is 0 Å². The highest BCUT2D eigenvalue weighted by molar-refractivity contribution is 6.33. The summed E-state index contributed by atoms with van der Waals surface area (Å²) in [4.78, 5) is 42.4. The number of hydrogen-bond acceptors (Lipinski definition) is 10. The highest BCUT2D eigenvalue weighted by Crippen LogP contribution is 2.38. The summed E-state index contributed by atoms with van der Waals surface area (Å²) < 4.78 is 5.70. The molecule has 13 nitrogen and oxygen atoms in total. The summed E-state index contributed by atoms with van der Waals surface area (Å²) in [6, 6.07) is 1.61. The minimum Gasteiger partial charge on any atom is -0.492 e. The number of hydrogen-bond donors (Lipinski definition) is 7. The average molecular weight is 766 g/mol. The minimum atomic E-state index is -1.42. The Morgan fingerprint density at radius 2 is 1.49 bits per heavy atom. The molecule has 3 heterocycles. The molecular formula is C39H64ClN5O8. The Morgan fingerprint density at radius 1 is 0.868 bits per heavy atom. The monoisotopic (exact) mass is 765 g/mol. The van der Waals surface area contributed by atoms with Gasteiger partial charge in [-0.05, 0) is 75.9 Å². The molecule has 0 aliphatic carbocycles. The van der Waals surface area contributed by atoms with Gasteiger partial charge in [0, 0.05) is 64.2 Å². The quantitative estimate of drug-likeness (QED) is 0.0681. The fourth-order valence-corrected chi connectivity index (χ4v) is 7.96. The second-order valence-corrected chi connectivity index (χ2v) is 15.7. The number of ether oxygens (including phenoxy) is 1. The van der Waals surface area contributed by atoms with Crippen LogP contribution in [0.5, 0.6) is 5.75 Å². The lowest BCUT2D eigenvalue weighted by atomic mass is 9.92. The van der Waals surface area contributed by atoms with E-state index in [1.54, 1.807) is 6.07 Å². The van der Waals surface area contributed by atoms with E-state index >= 15 is 0 Å². The Hall–Kier alpha value is -2.68. The molecule has 3 aliphatic rings. The van der Waals surface area contributed by atoms with Crippen LogP contribution in [0.25, 0.3) is 0 Å². The van der Waals surface area contributed by atoms with E-state index in [0.29, 0.717) is 66.3 Å². The highest BCUT2D eigenvalue weighted by atomic mass is 35.5. The van der Waals surface area contributed by atoms with E-state index in [1.807, 2.05) is 0 Å². The lowest BCUT2D eigenvalue weighted by Gasteiger charge is -2.37. The average Bonchev–Trinajstić information content (AvgIpc) is 3.66. The first-order chi connectivity index (χ1) is 25.6. The zero-order valence-electron chi connectivity index (χ0n) is 31.4. The number of anilines is 1. The molecule has 0 bridgehead atoms. The van der Waals surface area contributed by atoms with Crippen molar-refractivity contribution in [1.29, 1.82) is 0 Å². The van der Waals surface area contributed by atoms with Crippen LogP contribution >= 0.6 is 11.6 Å². The van der Waals surface area contributed by atoms with Crippen molar-refractivity contribution in [3.8, 4) is 5.75 Å². The number of piperidine rings is 2. The first-order valence-electron chi connectivity index (χ1n) is 20.0. The molecule has 14 heteroatoms. The molecular weight excluding hydrogens is 702 g/mol. The lowest BCUT2D eigenvalue weighted by molar-refractivity contribution is -0.132. The van der Waals surface area contributed by atoms with Gasteiger partial charge in [0.15, 0.2) is 0 Å². The Bertz CT molecular complexity index is 1300. The second kappa shape index (κ2) is 22.6. The molecule has 4 rings (SSSR count). The molecule has 1 aromatic rings. The second-order valence-electron chi connectivity index (χ2n) is 15.3. The van der Waals surface area contributed by atoms with Crippen molar-refractivity contribution in [3.05, 3.63) is 22.2 Å². The number of amides is 3.